The van der Waals surface area contributed by atoms with Crippen LogP contribution in [-0.2, 0) is 0 Å². The minimum Gasteiger partial charge on any atom is -0.456 e. The van der Waals surface area contributed by atoms with Crippen molar-refractivity contribution in [1.29, 1.82) is 0 Å². The highest BCUT2D eigenvalue weighted by Gasteiger charge is 2.15. The maximum Gasteiger partial charge on any atom is 0.164 e. The second kappa shape index (κ2) is 12.6. The molecular weight excluding hydrogens is 671 g/mol. The third-order valence-corrected chi connectivity index (χ3v) is 10.7. The van der Waals surface area contributed by atoms with E-state index in [0.29, 0.717) is 17.5 Å². The SMILES string of the molecule is c1ccc(-c2ccc3ccc(-c4nc(-c5ccc(-c6ccc7ccccc7c6)cc5)nc(-c5ccc6cc7c(cc6c5)oc5ccccc57)n4)cc3c2)cc1. The van der Waals surface area contributed by atoms with Gasteiger partial charge in [0, 0.05) is 27.5 Å². The summed E-state index contributed by atoms with van der Waals surface area (Å²) in [6.45, 7) is 0. The minimum atomic E-state index is 0.614. The number of furan rings is 1. The average molecular weight is 702 g/mol. The molecule has 11 rings (SSSR count). The second-order valence-electron chi connectivity index (χ2n) is 14.1. The van der Waals surface area contributed by atoms with Gasteiger partial charge in [-0.05, 0) is 97.0 Å². The van der Waals surface area contributed by atoms with Crippen LogP contribution in [-0.4, -0.2) is 15.0 Å². The molecule has 9 aromatic carbocycles. The normalized spacial score (nSPS) is 11.6. The standard InChI is InChI=1S/C51H31N3O/c1-2-8-32(9-3-1)39-22-17-35-18-24-41(28-43(35)27-39)50-52-49(36-19-14-34(15-20-36)38-21-16-33-10-4-5-11-37(33)26-38)53-51(54-50)42-25-23-40-30-46-45-12-6-7-13-47(45)55-48(46)31-44(40)29-42/h1-31H. The highest BCUT2D eigenvalue weighted by Crippen LogP contribution is 2.35. The third-order valence-electron chi connectivity index (χ3n) is 10.7. The Morgan fingerprint density at radius 2 is 0.709 bits per heavy atom. The quantitative estimate of drug-likeness (QED) is 0.179. The van der Waals surface area contributed by atoms with Crippen molar-refractivity contribution in [3.05, 3.63) is 188 Å². The molecule has 0 unspecified atom stereocenters. The zero-order chi connectivity index (χ0) is 36.3. The van der Waals surface area contributed by atoms with Crippen LogP contribution < -0.4 is 0 Å². The van der Waals surface area contributed by atoms with Gasteiger partial charge < -0.3 is 4.42 Å². The van der Waals surface area contributed by atoms with Crippen molar-refractivity contribution in [2.75, 3.05) is 0 Å². The molecule has 0 saturated carbocycles. The minimum absolute atomic E-state index is 0.614. The number of nitrogens with zero attached hydrogens (tertiary/aromatic N) is 3. The van der Waals surface area contributed by atoms with Crippen molar-refractivity contribution in [3.63, 3.8) is 0 Å². The molecule has 11 aromatic rings. The zero-order valence-electron chi connectivity index (χ0n) is 29.6. The lowest BCUT2D eigenvalue weighted by Crippen LogP contribution is -2.00. The maximum atomic E-state index is 6.25. The Morgan fingerprint density at radius 3 is 1.44 bits per heavy atom. The van der Waals surface area contributed by atoms with Gasteiger partial charge in [0.2, 0.25) is 0 Å². The average Bonchev–Trinajstić information content (AvgIpc) is 3.62. The Kier molecular flexibility index (Phi) is 7.14. The van der Waals surface area contributed by atoms with E-state index in [-0.39, 0.29) is 0 Å². The molecule has 0 amide bonds. The lowest BCUT2D eigenvalue weighted by Gasteiger charge is -2.11. The molecule has 0 aliphatic heterocycles. The van der Waals surface area contributed by atoms with Gasteiger partial charge in [-0.15, -0.1) is 0 Å². The topological polar surface area (TPSA) is 51.8 Å². The number of hydrogen-bond donors (Lipinski definition) is 0. The molecule has 256 valence electrons. The summed E-state index contributed by atoms with van der Waals surface area (Å²) in [6.07, 6.45) is 0. The Hall–Kier alpha value is -7.43. The molecule has 0 aliphatic rings. The van der Waals surface area contributed by atoms with Crippen molar-refractivity contribution in [2.24, 2.45) is 0 Å². The third kappa shape index (κ3) is 5.60. The molecule has 0 atom stereocenters. The first-order valence-electron chi connectivity index (χ1n) is 18.5. The van der Waals surface area contributed by atoms with Crippen molar-refractivity contribution >= 4 is 54.3 Å². The predicted octanol–water partition coefficient (Wildman–Crippen LogP) is 13.6. The Bertz CT molecular complexity index is 3260. The lowest BCUT2D eigenvalue weighted by atomic mass is 9.99. The molecule has 0 bridgehead atoms. The molecule has 0 spiro atoms. The van der Waals surface area contributed by atoms with E-state index in [1.54, 1.807) is 0 Å². The van der Waals surface area contributed by atoms with E-state index < -0.39 is 0 Å². The van der Waals surface area contributed by atoms with Gasteiger partial charge in [0.25, 0.3) is 0 Å². The first kappa shape index (κ1) is 31.1. The van der Waals surface area contributed by atoms with Crippen LogP contribution in [0.1, 0.15) is 0 Å². The molecule has 4 nitrogen and oxygen atoms in total. The van der Waals surface area contributed by atoms with E-state index in [1.165, 1.54) is 27.5 Å². The van der Waals surface area contributed by atoms with E-state index in [1.807, 2.05) is 18.2 Å². The molecular formula is C51H31N3O. The van der Waals surface area contributed by atoms with Crippen LogP contribution in [0.5, 0.6) is 0 Å². The van der Waals surface area contributed by atoms with Gasteiger partial charge in [0.1, 0.15) is 11.2 Å². The van der Waals surface area contributed by atoms with Crippen LogP contribution in [0.4, 0.5) is 0 Å². The molecule has 0 aliphatic carbocycles. The smallest absolute Gasteiger partial charge is 0.164 e. The fraction of sp³-hybridized carbons (Fsp3) is 0. The highest BCUT2D eigenvalue weighted by molar-refractivity contribution is 6.10. The number of hydrogen-bond acceptors (Lipinski definition) is 4. The van der Waals surface area contributed by atoms with E-state index in [9.17, 15) is 0 Å². The molecule has 2 aromatic heterocycles. The molecule has 0 N–H and O–H groups in total. The van der Waals surface area contributed by atoms with Gasteiger partial charge in [-0.3, -0.25) is 0 Å². The van der Waals surface area contributed by atoms with Crippen molar-refractivity contribution in [3.8, 4) is 56.4 Å². The zero-order valence-corrected chi connectivity index (χ0v) is 29.6. The summed E-state index contributed by atoms with van der Waals surface area (Å²) in [5.41, 5.74) is 9.17. The number of fused-ring (bicyclic) bond motifs is 6. The second-order valence-corrected chi connectivity index (χ2v) is 14.1. The molecule has 55 heavy (non-hydrogen) atoms. The van der Waals surface area contributed by atoms with Gasteiger partial charge in [-0.2, -0.15) is 0 Å². The van der Waals surface area contributed by atoms with Gasteiger partial charge in [-0.1, -0.05) is 146 Å². The van der Waals surface area contributed by atoms with Crippen molar-refractivity contribution in [1.82, 2.24) is 15.0 Å². The largest absolute Gasteiger partial charge is 0.456 e. The molecule has 2 heterocycles. The maximum absolute atomic E-state index is 6.25. The van der Waals surface area contributed by atoms with E-state index in [2.05, 4.69) is 170 Å². The van der Waals surface area contributed by atoms with Gasteiger partial charge in [0.05, 0.1) is 0 Å². The van der Waals surface area contributed by atoms with Crippen LogP contribution in [0.15, 0.2) is 192 Å². The number of rotatable bonds is 5. The van der Waals surface area contributed by atoms with E-state index >= 15 is 0 Å². The summed E-state index contributed by atoms with van der Waals surface area (Å²) in [4.78, 5) is 15.4. The lowest BCUT2D eigenvalue weighted by molar-refractivity contribution is 0.669. The predicted molar refractivity (Wildman–Crippen MR) is 227 cm³/mol. The fourth-order valence-electron chi connectivity index (χ4n) is 7.75. The summed E-state index contributed by atoms with van der Waals surface area (Å²) < 4.78 is 6.25. The highest BCUT2D eigenvalue weighted by atomic mass is 16.3. The molecule has 4 heteroatoms. The first-order valence-corrected chi connectivity index (χ1v) is 18.5. The Balaban J connectivity index is 1.04. The van der Waals surface area contributed by atoms with Crippen molar-refractivity contribution in [2.45, 2.75) is 0 Å². The van der Waals surface area contributed by atoms with Gasteiger partial charge in [0.15, 0.2) is 17.5 Å². The summed E-state index contributed by atoms with van der Waals surface area (Å²) >= 11 is 0. The number of para-hydroxylation sites is 1. The van der Waals surface area contributed by atoms with E-state index in [4.69, 9.17) is 19.4 Å². The number of aromatic nitrogens is 3. The summed E-state index contributed by atoms with van der Waals surface area (Å²) in [5.74, 6) is 1.86. The Morgan fingerprint density at radius 1 is 0.255 bits per heavy atom. The first-order chi connectivity index (χ1) is 27.2. The Labute approximate surface area is 317 Å². The van der Waals surface area contributed by atoms with Crippen molar-refractivity contribution < 1.29 is 4.42 Å². The fourth-order valence-corrected chi connectivity index (χ4v) is 7.75. The van der Waals surface area contributed by atoms with Crippen LogP contribution >= 0.6 is 0 Å². The molecule has 0 fully saturated rings. The van der Waals surface area contributed by atoms with E-state index in [0.717, 1.165) is 65.7 Å². The van der Waals surface area contributed by atoms with Gasteiger partial charge >= 0.3 is 0 Å². The molecule has 0 saturated heterocycles. The monoisotopic (exact) mass is 701 g/mol. The van der Waals surface area contributed by atoms with Crippen LogP contribution in [0.25, 0.3) is 111 Å². The van der Waals surface area contributed by atoms with Crippen LogP contribution in [0.2, 0.25) is 0 Å². The van der Waals surface area contributed by atoms with Crippen LogP contribution in [0.3, 0.4) is 0 Å². The summed E-state index contributed by atoms with van der Waals surface area (Å²) in [5, 5.41) is 9.16. The van der Waals surface area contributed by atoms with Gasteiger partial charge in [-0.25, -0.2) is 15.0 Å². The summed E-state index contributed by atoms with van der Waals surface area (Å²) in [6, 6.07) is 66.0. The molecule has 0 radical (unpaired) electrons. The number of benzene rings is 9. The summed E-state index contributed by atoms with van der Waals surface area (Å²) in [7, 11) is 0. The van der Waals surface area contributed by atoms with Crippen LogP contribution in [0, 0.1) is 0 Å².